The lowest BCUT2D eigenvalue weighted by molar-refractivity contribution is 1.03. The van der Waals surface area contributed by atoms with Gasteiger partial charge < -0.3 is 4.57 Å². The highest BCUT2D eigenvalue weighted by Gasteiger charge is 2.21. The summed E-state index contributed by atoms with van der Waals surface area (Å²) in [5, 5.41) is 2.32. The van der Waals surface area contributed by atoms with Gasteiger partial charge in [-0.3, -0.25) is 9.55 Å². The van der Waals surface area contributed by atoms with Gasteiger partial charge in [0.1, 0.15) is 11.6 Å². The second-order valence-electron chi connectivity index (χ2n) is 8.21. The lowest BCUT2D eigenvalue weighted by Gasteiger charge is -2.09. The molecular formula is C29H19N5. The van der Waals surface area contributed by atoms with E-state index in [0.717, 1.165) is 50.3 Å². The Morgan fingerprint density at radius 3 is 2.15 bits per heavy atom. The molecule has 5 nitrogen and oxygen atoms in total. The summed E-state index contributed by atoms with van der Waals surface area (Å²) in [6, 6.07) is 33.3. The quantitative estimate of drug-likeness (QED) is 0.314. The molecule has 0 fully saturated rings. The first kappa shape index (κ1) is 18.8. The fraction of sp³-hybridized carbons (Fsp3) is 0. The van der Waals surface area contributed by atoms with Crippen molar-refractivity contribution in [3.05, 3.63) is 116 Å². The summed E-state index contributed by atoms with van der Waals surface area (Å²) in [7, 11) is 0. The van der Waals surface area contributed by atoms with Crippen molar-refractivity contribution >= 4 is 32.8 Å². The Bertz CT molecular complexity index is 1780. The van der Waals surface area contributed by atoms with Crippen LogP contribution in [0, 0.1) is 0 Å². The van der Waals surface area contributed by atoms with Crippen molar-refractivity contribution in [2.45, 2.75) is 0 Å². The van der Waals surface area contributed by atoms with Crippen LogP contribution in [0.3, 0.4) is 0 Å². The van der Waals surface area contributed by atoms with Gasteiger partial charge in [-0.2, -0.15) is 0 Å². The van der Waals surface area contributed by atoms with Crippen LogP contribution < -0.4 is 0 Å². The van der Waals surface area contributed by atoms with Crippen LogP contribution in [0.1, 0.15) is 0 Å². The van der Waals surface area contributed by atoms with Crippen LogP contribution in [0.4, 0.5) is 0 Å². The molecule has 4 aromatic heterocycles. The van der Waals surface area contributed by atoms with Gasteiger partial charge in [0, 0.05) is 40.6 Å². The van der Waals surface area contributed by atoms with Gasteiger partial charge in [-0.05, 0) is 54.6 Å². The van der Waals surface area contributed by atoms with Crippen LogP contribution >= 0.6 is 0 Å². The standard InChI is InChI=1S/C29H19N5/c1-2-8-21(9-3-1)33-23-11-5-4-10-22(23)27-24(33)13-14-25-28(27)32-29(20-15-18-30-19-16-20)34(25)26-12-6-7-17-31-26/h1-19H. The first-order valence-electron chi connectivity index (χ1n) is 11.2. The van der Waals surface area contributed by atoms with Crippen LogP contribution in [-0.2, 0) is 0 Å². The lowest BCUT2D eigenvalue weighted by atomic mass is 10.1. The van der Waals surface area contributed by atoms with E-state index in [-0.39, 0.29) is 0 Å². The number of aromatic nitrogens is 5. The Kier molecular flexibility index (Phi) is 4.08. The molecule has 0 aliphatic rings. The average Bonchev–Trinajstić information content (AvgIpc) is 3.46. The fourth-order valence-corrected chi connectivity index (χ4v) is 4.86. The molecule has 0 radical (unpaired) electrons. The molecule has 0 amide bonds. The zero-order chi connectivity index (χ0) is 22.5. The molecule has 0 unspecified atom stereocenters. The molecule has 0 saturated carbocycles. The number of nitrogens with zero attached hydrogens (tertiary/aromatic N) is 5. The number of hydrogen-bond acceptors (Lipinski definition) is 3. The van der Waals surface area contributed by atoms with Crippen molar-refractivity contribution in [1.29, 1.82) is 0 Å². The highest BCUT2D eigenvalue weighted by atomic mass is 15.1. The van der Waals surface area contributed by atoms with Crippen molar-refractivity contribution in [3.63, 3.8) is 0 Å². The van der Waals surface area contributed by atoms with E-state index in [4.69, 9.17) is 4.98 Å². The van der Waals surface area contributed by atoms with Gasteiger partial charge in [0.05, 0.1) is 22.1 Å². The molecule has 0 aliphatic heterocycles. The Balaban J connectivity index is 1.66. The summed E-state index contributed by atoms with van der Waals surface area (Å²) in [6.45, 7) is 0. The minimum absolute atomic E-state index is 0.836. The van der Waals surface area contributed by atoms with Crippen molar-refractivity contribution in [3.8, 4) is 22.9 Å². The Morgan fingerprint density at radius 2 is 1.32 bits per heavy atom. The van der Waals surface area contributed by atoms with Crippen molar-refractivity contribution in [1.82, 2.24) is 24.1 Å². The molecule has 7 rings (SSSR count). The molecule has 0 spiro atoms. The number of imidazole rings is 1. The van der Waals surface area contributed by atoms with Crippen molar-refractivity contribution < 1.29 is 0 Å². The topological polar surface area (TPSA) is 48.5 Å². The van der Waals surface area contributed by atoms with E-state index in [1.165, 1.54) is 5.39 Å². The van der Waals surface area contributed by atoms with Crippen molar-refractivity contribution in [2.24, 2.45) is 0 Å². The van der Waals surface area contributed by atoms with E-state index in [1.54, 1.807) is 12.4 Å². The molecule has 0 N–H and O–H groups in total. The predicted molar refractivity (Wildman–Crippen MR) is 136 cm³/mol. The smallest absolute Gasteiger partial charge is 0.147 e. The molecule has 0 aliphatic carbocycles. The van der Waals surface area contributed by atoms with Crippen LogP contribution in [0.2, 0.25) is 0 Å². The van der Waals surface area contributed by atoms with E-state index in [9.17, 15) is 0 Å². The Morgan fingerprint density at radius 1 is 0.559 bits per heavy atom. The second kappa shape index (κ2) is 7.39. The summed E-state index contributed by atoms with van der Waals surface area (Å²) in [5.74, 6) is 1.68. The van der Waals surface area contributed by atoms with Gasteiger partial charge in [0.2, 0.25) is 0 Å². The van der Waals surface area contributed by atoms with Gasteiger partial charge >= 0.3 is 0 Å². The van der Waals surface area contributed by atoms with Crippen LogP contribution in [0.5, 0.6) is 0 Å². The van der Waals surface area contributed by atoms with Crippen molar-refractivity contribution in [2.75, 3.05) is 0 Å². The predicted octanol–water partition coefficient (Wildman–Crippen LogP) is 6.58. The number of para-hydroxylation sites is 2. The minimum atomic E-state index is 0.836. The third-order valence-electron chi connectivity index (χ3n) is 6.29. The molecule has 0 saturated heterocycles. The third-order valence-corrected chi connectivity index (χ3v) is 6.29. The van der Waals surface area contributed by atoms with Gasteiger partial charge in [-0.1, -0.05) is 42.5 Å². The molecule has 3 aromatic carbocycles. The molecule has 5 heteroatoms. The molecule has 0 bridgehead atoms. The lowest BCUT2D eigenvalue weighted by Crippen LogP contribution is -1.99. The SMILES string of the molecule is c1ccc(-n2c3ccccc3c3c4nc(-c5ccncc5)n(-c5ccccn5)c4ccc32)cc1. The van der Waals surface area contributed by atoms with Gasteiger partial charge in [-0.15, -0.1) is 0 Å². The second-order valence-corrected chi connectivity index (χ2v) is 8.21. The van der Waals surface area contributed by atoms with Gasteiger partial charge in [0.25, 0.3) is 0 Å². The van der Waals surface area contributed by atoms with E-state index in [0.29, 0.717) is 0 Å². The summed E-state index contributed by atoms with van der Waals surface area (Å²) in [6.07, 6.45) is 5.42. The zero-order valence-corrected chi connectivity index (χ0v) is 18.2. The molecule has 7 aromatic rings. The maximum atomic E-state index is 5.23. The van der Waals surface area contributed by atoms with E-state index >= 15 is 0 Å². The summed E-state index contributed by atoms with van der Waals surface area (Å²) < 4.78 is 4.45. The summed E-state index contributed by atoms with van der Waals surface area (Å²) in [4.78, 5) is 14.1. The highest BCUT2D eigenvalue weighted by Crippen LogP contribution is 2.38. The van der Waals surface area contributed by atoms with Crippen LogP contribution in [0.15, 0.2) is 116 Å². The number of benzene rings is 3. The first-order chi connectivity index (χ1) is 16.9. The summed E-state index contributed by atoms with van der Waals surface area (Å²) in [5.41, 5.74) is 6.40. The number of rotatable bonds is 3. The third kappa shape index (κ3) is 2.70. The van der Waals surface area contributed by atoms with E-state index in [1.807, 2.05) is 42.6 Å². The average molecular weight is 438 g/mol. The van der Waals surface area contributed by atoms with Crippen LogP contribution in [-0.4, -0.2) is 24.1 Å². The van der Waals surface area contributed by atoms with E-state index < -0.39 is 0 Å². The first-order valence-corrected chi connectivity index (χ1v) is 11.2. The van der Waals surface area contributed by atoms with E-state index in [2.05, 4.69) is 79.8 Å². The molecule has 34 heavy (non-hydrogen) atoms. The Labute approximate surface area is 195 Å². The number of fused-ring (bicyclic) bond motifs is 5. The normalized spacial score (nSPS) is 11.5. The minimum Gasteiger partial charge on any atom is -0.309 e. The maximum absolute atomic E-state index is 5.23. The van der Waals surface area contributed by atoms with Gasteiger partial charge in [-0.25, -0.2) is 9.97 Å². The highest BCUT2D eigenvalue weighted by molar-refractivity contribution is 6.20. The largest absolute Gasteiger partial charge is 0.309 e. The molecule has 160 valence electrons. The van der Waals surface area contributed by atoms with Crippen LogP contribution in [0.25, 0.3) is 55.7 Å². The zero-order valence-electron chi connectivity index (χ0n) is 18.2. The Hall–Kier alpha value is -4.77. The van der Waals surface area contributed by atoms with Gasteiger partial charge in [0.15, 0.2) is 0 Å². The monoisotopic (exact) mass is 437 g/mol. The molecule has 0 atom stereocenters. The fourth-order valence-electron chi connectivity index (χ4n) is 4.86. The number of pyridine rings is 2. The molecule has 4 heterocycles. The maximum Gasteiger partial charge on any atom is 0.147 e. The summed E-state index contributed by atoms with van der Waals surface area (Å²) >= 11 is 0. The molecular weight excluding hydrogens is 418 g/mol. The number of hydrogen-bond donors (Lipinski definition) is 0.